The standard InChI is InChI=1S/C23H22BBrN6O2S/c24-20-14-28-31-22(27-13-16-3-1-9-26-12-16)11-21(29-23(20)31)17-4-2-10-30(15-17)34(32,33)19-7-5-18(25)6-8-19/h1,3,5-9,11-12,14,17,27H,2,4,10,13,15H2. The molecule has 4 heterocycles. The van der Waals surface area contributed by atoms with Crippen LogP contribution in [0.3, 0.4) is 0 Å². The number of aromatic nitrogens is 4. The maximum Gasteiger partial charge on any atom is 0.243 e. The van der Waals surface area contributed by atoms with Crippen LogP contribution in [0.25, 0.3) is 5.65 Å². The Morgan fingerprint density at radius 1 is 1.18 bits per heavy atom. The van der Waals surface area contributed by atoms with Gasteiger partial charge in [0.15, 0.2) is 5.65 Å². The summed E-state index contributed by atoms with van der Waals surface area (Å²) in [6.45, 7) is 1.40. The molecule has 1 N–H and O–H groups in total. The Morgan fingerprint density at radius 2 is 2.00 bits per heavy atom. The van der Waals surface area contributed by atoms with Crippen LogP contribution in [0.15, 0.2) is 70.4 Å². The van der Waals surface area contributed by atoms with Gasteiger partial charge in [-0.3, -0.25) is 4.98 Å². The number of benzene rings is 1. The van der Waals surface area contributed by atoms with Crippen LogP contribution in [0.1, 0.15) is 30.0 Å². The molecule has 1 aliphatic rings. The van der Waals surface area contributed by atoms with E-state index in [1.165, 1.54) is 0 Å². The Bertz CT molecular complexity index is 1410. The summed E-state index contributed by atoms with van der Waals surface area (Å²) in [6, 6.07) is 12.6. The molecule has 8 nitrogen and oxygen atoms in total. The highest BCUT2D eigenvalue weighted by atomic mass is 79.9. The fraction of sp³-hybridized carbons (Fsp3) is 0.261. The van der Waals surface area contributed by atoms with Gasteiger partial charge in [-0.05, 0) is 54.2 Å². The molecule has 3 aromatic heterocycles. The molecule has 1 unspecified atom stereocenters. The zero-order valence-electron chi connectivity index (χ0n) is 18.3. The first-order valence-electron chi connectivity index (χ1n) is 10.9. The SMILES string of the molecule is [B]c1cnn2c(NCc3cccnc3)cc(C3CCCN(S(=O)(=O)c4ccc(Br)cc4)C3)nc12. The van der Waals surface area contributed by atoms with E-state index < -0.39 is 10.0 Å². The van der Waals surface area contributed by atoms with Crippen LogP contribution in [0, 0.1) is 0 Å². The van der Waals surface area contributed by atoms with Crippen LogP contribution < -0.4 is 10.8 Å². The van der Waals surface area contributed by atoms with E-state index in [2.05, 4.69) is 31.3 Å². The van der Waals surface area contributed by atoms with Crippen molar-refractivity contribution in [2.75, 3.05) is 18.4 Å². The van der Waals surface area contributed by atoms with Gasteiger partial charge >= 0.3 is 0 Å². The predicted molar refractivity (Wildman–Crippen MR) is 135 cm³/mol. The van der Waals surface area contributed by atoms with E-state index in [1.54, 1.807) is 51.7 Å². The molecule has 5 rings (SSSR count). The van der Waals surface area contributed by atoms with Crippen LogP contribution in [0.2, 0.25) is 0 Å². The summed E-state index contributed by atoms with van der Waals surface area (Å²) in [5.41, 5.74) is 2.85. The van der Waals surface area contributed by atoms with Crippen LogP contribution in [-0.4, -0.2) is 53.2 Å². The minimum atomic E-state index is -3.60. The summed E-state index contributed by atoms with van der Waals surface area (Å²) >= 11 is 3.36. The van der Waals surface area contributed by atoms with Crippen molar-refractivity contribution in [2.24, 2.45) is 0 Å². The summed E-state index contributed by atoms with van der Waals surface area (Å²) in [4.78, 5) is 9.22. The first kappa shape index (κ1) is 23.0. The quantitative estimate of drug-likeness (QED) is 0.381. The molecule has 1 atom stereocenters. The minimum Gasteiger partial charge on any atom is -0.366 e. The maximum absolute atomic E-state index is 13.3. The summed E-state index contributed by atoms with van der Waals surface area (Å²) in [6.07, 6.45) is 6.70. The zero-order chi connectivity index (χ0) is 23.7. The largest absolute Gasteiger partial charge is 0.366 e. The molecule has 172 valence electrons. The van der Waals surface area contributed by atoms with Crippen LogP contribution in [-0.2, 0) is 16.6 Å². The first-order valence-corrected chi connectivity index (χ1v) is 13.2. The van der Waals surface area contributed by atoms with Gasteiger partial charge in [0.05, 0.1) is 10.6 Å². The lowest BCUT2D eigenvalue weighted by atomic mass is 9.95. The number of halogens is 1. The number of rotatable bonds is 6. The van der Waals surface area contributed by atoms with Gasteiger partial charge in [-0.2, -0.15) is 13.9 Å². The molecule has 1 aliphatic heterocycles. The van der Waals surface area contributed by atoms with Crippen LogP contribution in [0.5, 0.6) is 0 Å². The van der Waals surface area contributed by atoms with Gasteiger partial charge in [-0.25, -0.2) is 13.4 Å². The van der Waals surface area contributed by atoms with Gasteiger partial charge in [-0.15, -0.1) is 0 Å². The molecular formula is C23H22BBrN6O2S. The van der Waals surface area contributed by atoms with Gasteiger partial charge in [0.1, 0.15) is 13.7 Å². The highest BCUT2D eigenvalue weighted by molar-refractivity contribution is 9.10. The molecule has 0 bridgehead atoms. The van der Waals surface area contributed by atoms with E-state index in [1.807, 2.05) is 18.2 Å². The summed E-state index contributed by atoms with van der Waals surface area (Å²) < 4.78 is 30.6. The summed E-state index contributed by atoms with van der Waals surface area (Å²) in [5.74, 6) is 0.686. The van der Waals surface area contributed by atoms with Crippen molar-refractivity contribution >= 4 is 50.7 Å². The molecule has 0 aliphatic carbocycles. The van der Waals surface area contributed by atoms with Gasteiger partial charge in [-0.1, -0.05) is 22.0 Å². The third-order valence-electron chi connectivity index (χ3n) is 5.97. The highest BCUT2D eigenvalue weighted by Gasteiger charge is 2.32. The Kier molecular flexibility index (Phi) is 6.41. The number of pyridine rings is 1. The molecule has 0 spiro atoms. The Hall–Kier alpha value is -2.76. The second-order valence-electron chi connectivity index (χ2n) is 8.27. The second-order valence-corrected chi connectivity index (χ2v) is 11.1. The van der Waals surface area contributed by atoms with E-state index in [-0.39, 0.29) is 5.92 Å². The Balaban J connectivity index is 1.44. The number of anilines is 1. The topological polar surface area (TPSA) is 92.5 Å². The molecule has 11 heteroatoms. The van der Waals surface area contributed by atoms with E-state index in [0.717, 1.165) is 34.4 Å². The smallest absolute Gasteiger partial charge is 0.243 e. The first-order chi connectivity index (χ1) is 16.4. The zero-order valence-corrected chi connectivity index (χ0v) is 20.7. The number of sulfonamides is 1. The molecule has 1 fully saturated rings. The number of hydrogen-bond donors (Lipinski definition) is 1. The van der Waals surface area contributed by atoms with Gasteiger partial charge < -0.3 is 5.32 Å². The third-order valence-corrected chi connectivity index (χ3v) is 8.38. The molecule has 0 amide bonds. The summed E-state index contributed by atoms with van der Waals surface area (Å²) in [7, 11) is 2.55. The van der Waals surface area contributed by atoms with E-state index in [0.29, 0.717) is 35.6 Å². The van der Waals surface area contributed by atoms with Crippen molar-refractivity contribution in [3.05, 3.63) is 76.8 Å². The number of nitrogens with zero attached hydrogens (tertiary/aromatic N) is 5. The summed E-state index contributed by atoms with van der Waals surface area (Å²) in [5, 5.41) is 7.76. The van der Waals surface area contributed by atoms with Gasteiger partial charge in [0.2, 0.25) is 10.0 Å². The van der Waals surface area contributed by atoms with E-state index in [4.69, 9.17) is 12.8 Å². The van der Waals surface area contributed by atoms with Crippen molar-refractivity contribution in [1.82, 2.24) is 23.9 Å². The fourth-order valence-corrected chi connectivity index (χ4v) is 5.97. The van der Waals surface area contributed by atoms with Crippen molar-refractivity contribution in [2.45, 2.75) is 30.2 Å². The lowest BCUT2D eigenvalue weighted by Crippen LogP contribution is -2.39. The predicted octanol–water partition coefficient (Wildman–Crippen LogP) is 2.86. The molecular weight excluding hydrogens is 515 g/mol. The second kappa shape index (κ2) is 9.48. The molecule has 0 saturated carbocycles. The average Bonchev–Trinajstić information content (AvgIpc) is 3.24. The Morgan fingerprint density at radius 3 is 2.76 bits per heavy atom. The van der Waals surface area contributed by atoms with Crippen LogP contribution >= 0.6 is 15.9 Å². The number of fused-ring (bicyclic) bond motifs is 1. The maximum atomic E-state index is 13.3. The third kappa shape index (κ3) is 4.60. The highest BCUT2D eigenvalue weighted by Crippen LogP contribution is 2.31. The van der Waals surface area contributed by atoms with Crippen LogP contribution in [0.4, 0.5) is 5.82 Å². The number of hydrogen-bond acceptors (Lipinski definition) is 6. The average molecular weight is 537 g/mol. The van der Waals surface area contributed by atoms with Crippen molar-refractivity contribution < 1.29 is 8.42 Å². The minimum absolute atomic E-state index is 0.0581. The molecule has 4 aromatic rings. The van der Waals surface area contributed by atoms with Gasteiger partial charge in [0, 0.05) is 54.7 Å². The van der Waals surface area contributed by atoms with E-state index >= 15 is 0 Å². The lowest BCUT2D eigenvalue weighted by molar-refractivity contribution is 0.313. The van der Waals surface area contributed by atoms with Crippen molar-refractivity contribution in [3.8, 4) is 0 Å². The Labute approximate surface area is 208 Å². The number of nitrogens with one attached hydrogen (secondary N) is 1. The fourth-order valence-electron chi connectivity index (χ4n) is 4.19. The normalized spacial score (nSPS) is 17.1. The monoisotopic (exact) mass is 536 g/mol. The lowest BCUT2D eigenvalue weighted by Gasteiger charge is -2.32. The van der Waals surface area contributed by atoms with E-state index in [9.17, 15) is 8.42 Å². The van der Waals surface area contributed by atoms with Crippen molar-refractivity contribution in [1.29, 1.82) is 0 Å². The molecule has 34 heavy (non-hydrogen) atoms. The van der Waals surface area contributed by atoms with Gasteiger partial charge in [0.25, 0.3) is 0 Å². The molecule has 1 saturated heterocycles. The van der Waals surface area contributed by atoms with Crippen molar-refractivity contribution in [3.63, 3.8) is 0 Å². The molecule has 2 radical (unpaired) electrons. The number of piperidine rings is 1. The molecule has 1 aromatic carbocycles.